The van der Waals surface area contributed by atoms with E-state index in [1.54, 1.807) is 31.2 Å². The fourth-order valence-electron chi connectivity index (χ4n) is 2.45. The van der Waals surface area contributed by atoms with Crippen LogP contribution in [0.2, 0.25) is 0 Å². The molecule has 3 rings (SSSR count). The first-order valence-electron chi connectivity index (χ1n) is 8.00. The smallest absolute Gasteiger partial charge is 0.322 e. The predicted octanol–water partition coefficient (Wildman–Crippen LogP) is 2.63. The molecule has 2 N–H and O–H groups in total. The van der Waals surface area contributed by atoms with Crippen LogP contribution in [0.5, 0.6) is 5.75 Å². The topological polar surface area (TPSA) is 96.7 Å². The molecule has 0 radical (unpaired) electrons. The molecule has 1 aromatic heterocycles. The maximum absolute atomic E-state index is 12.6. The van der Waals surface area contributed by atoms with Crippen LogP contribution in [0, 0.1) is 6.92 Å². The minimum Gasteiger partial charge on any atom is -0.495 e. The van der Waals surface area contributed by atoms with Crippen LogP contribution in [0.1, 0.15) is 18.6 Å². The molecular formula is C17H20N4O4. The molecule has 0 saturated heterocycles. The number of benzene rings is 1. The standard InChI is InChI=1S/C17H20N4O4/c1-11-9-15(20-25-11)19-16(22)10-21(12-7-8-12)17(23)18-13-5-3-4-6-14(13)24-2/h3-6,9,12H,7-8,10H2,1-2H3,(H,18,23)(H,19,20,22). The van der Waals surface area contributed by atoms with Crippen molar-refractivity contribution < 1.29 is 18.8 Å². The summed E-state index contributed by atoms with van der Waals surface area (Å²) < 4.78 is 10.1. The van der Waals surface area contributed by atoms with Gasteiger partial charge in [0.05, 0.1) is 12.8 Å². The Morgan fingerprint density at radius 3 is 2.72 bits per heavy atom. The second-order valence-corrected chi connectivity index (χ2v) is 5.86. The zero-order valence-corrected chi connectivity index (χ0v) is 14.1. The number of nitrogens with one attached hydrogen (secondary N) is 2. The highest BCUT2D eigenvalue weighted by molar-refractivity contribution is 5.97. The molecule has 0 spiro atoms. The van der Waals surface area contributed by atoms with Crippen molar-refractivity contribution in [2.45, 2.75) is 25.8 Å². The normalized spacial score (nSPS) is 13.2. The maximum atomic E-state index is 12.6. The first-order chi connectivity index (χ1) is 12.1. The van der Waals surface area contributed by atoms with Gasteiger partial charge in [0, 0.05) is 12.1 Å². The van der Waals surface area contributed by atoms with Gasteiger partial charge < -0.3 is 24.8 Å². The molecule has 1 saturated carbocycles. The summed E-state index contributed by atoms with van der Waals surface area (Å²) in [6.45, 7) is 1.68. The summed E-state index contributed by atoms with van der Waals surface area (Å²) >= 11 is 0. The molecule has 132 valence electrons. The van der Waals surface area contributed by atoms with E-state index in [9.17, 15) is 9.59 Å². The molecule has 0 aliphatic heterocycles. The van der Waals surface area contributed by atoms with Crippen molar-refractivity contribution in [3.63, 3.8) is 0 Å². The predicted molar refractivity (Wildman–Crippen MR) is 91.6 cm³/mol. The number of amides is 3. The van der Waals surface area contributed by atoms with E-state index in [-0.39, 0.29) is 24.5 Å². The van der Waals surface area contributed by atoms with Crippen LogP contribution < -0.4 is 15.4 Å². The average molecular weight is 344 g/mol. The lowest BCUT2D eigenvalue weighted by molar-refractivity contribution is -0.116. The van der Waals surface area contributed by atoms with Crippen molar-refractivity contribution in [1.82, 2.24) is 10.1 Å². The molecule has 1 fully saturated rings. The van der Waals surface area contributed by atoms with Gasteiger partial charge in [-0.15, -0.1) is 0 Å². The minimum absolute atomic E-state index is 0.0580. The van der Waals surface area contributed by atoms with Crippen LogP contribution in [0.15, 0.2) is 34.9 Å². The number of hydrogen-bond acceptors (Lipinski definition) is 5. The summed E-state index contributed by atoms with van der Waals surface area (Å²) in [5.41, 5.74) is 0.563. The Bertz CT molecular complexity index is 770. The molecule has 1 aliphatic carbocycles. The number of aryl methyl sites for hydroxylation is 1. The van der Waals surface area contributed by atoms with E-state index in [1.165, 1.54) is 12.0 Å². The molecule has 25 heavy (non-hydrogen) atoms. The summed E-state index contributed by atoms with van der Waals surface area (Å²) in [6, 6.07) is 8.49. The summed E-state index contributed by atoms with van der Waals surface area (Å²) in [4.78, 5) is 26.3. The molecule has 1 aromatic carbocycles. The van der Waals surface area contributed by atoms with Gasteiger partial charge in [0.15, 0.2) is 5.82 Å². The van der Waals surface area contributed by atoms with E-state index >= 15 is 0 Å². The molecule has 0 bridgehead atoms. The van der Waals surface area contributed by atoms with Gasteiger partial charge in [0.2, 0.25) is 5.91 Å². The molecule has 0 atom stereocenters. The lowest BCUT2D eigenvalue weighted by Gasteiger charge is -2.22. The van der Waals surface area contributed by atoms with Crippen molar-refractivity contribution >= 4 is 23.4 Å². The molecular weight excluding hydrogens is 324 g/mol. The summed E-state index contributed by atoms with van der Waals surface area (Å²) in [6.07, 6.45) is 1.77. The van der Waals surface area contributed by atoms with Crippen molar-refractivity contribution in [3.05, 3.63) is 36.1 Å². The second-order valence-electron chi connectivity index (χ2n) is 5.86. The Hall–Kier alpha value is -3.03. The van der Waals surface area contributed by atoms with Crippen molar-refractivity contribution in [3.8, 4) is 5.75 Å². The van der Waals surface area contributed by atoms with Crippen LogP contribution >= 0.6 is 0 Å². The van der Waals surface area contributed by atoms with Gasteiger partial charge in [-0.05, 0) is 31.9 Å². The van der Waals surface area contributed by atoms with Gasteiger partial charge in [0.25, 0.3) is 0 Å². The number of para-hydroxylation sites is 2. The van der Waals surface area contributed by atoms with Crippen LogP contribution in [0.3, 0.4) is 0 Å². The number of carbonyl (C=O) groups excluding carboxylic acids is 2. The zero-order valence-electron chi connectivity index (χ0n) is 14.1. The van der Waals surface area contributed by atoms with Crippen molar-refractivity contribution in [2.24, 2.45) is 0 Å². The molecule has 1 heterocycles. The Balaban J connectivity index is 1.64. The number of urea groups is 1. The molecule has 8 nitrogen and oxygen atoms in total. The third-order valence-electron chi connectivity index (χ3n) is 3.81. The SMILES string of the molecule is COc1ccccc1NC(=O)N(CC(=O)Nc1cc(C)on1)C1CC1. The maximum Gasteiger partial charge on any atom is 0.322 e. The third kappa shape index (κ3) is 4.28. The van der Waals surface area contributed by atoms with Gasteiger partial charge >= 0.3 is 6.03 Å². The first-order valence-corrected chi connectivity index (χ1v) is 8.00. The van der Waals surface area contributed by atoms with Crippen LogP contribution in [-0.2, 0) is 4.79 Å². The zero-order chi connectivity index (χ0) is 17.8. The fraction of sp³-hybridized carbons (Fsp3) is 0.353. The Kier molecular flexibility index (Phi) is 4.87. The largest absolute Gasteiger partial charge is 0.495 e. The number of nitrogens with zero attached hydrogens (tertiary/aromatic N) is 2. The van der Waals surface area contributed by atoms with E-state index in [0.29, 0.717) is 23.0 Å². The molecule has 3 amide bonds. The molecule has 1 aliphatic rings. The average Bonchev–Trinajstić information content (AvgIpc) is 3.35. The van der Waals surface area contributed by atoms with Gasteiger partial charge in [-0.1, -0.05) is 17.3 Å². The number of methoxy groups -OCH3 is 1. The van der Waals surface area contributed by atoms with Gasteiger partial charge in [0.1, 0.15) is 18.1 Å². The van der Waals surface area contributed by atoms with E-state index in [2.05, 4.69) is 15.8 Å². The highest BCUT2D eigenvalue weighted by Gasteiger charge is 2.34. The highest BCUT2D eigenvalue weighted by atomic mass is 16.5. The molecule has 8 heteroatoms. The van der Waals surface area contributed by atoms with Gasteiger partial charge in [-0.25, -0.2) is 4.79 Å². The van der Waals surface area contributed by atoms with E-state index in [4.69, 9.17) is 9.26 Å². The lowest BCUT2D eigenvalue weighted by atomic mass is 10.3. The first kappa shape index (κ1) is 16.8. The number of anilines is 2. The summed E-state index contributed by atoms with van der Waals surface area (Å²) in [7, 11) is 1.54. The van der Waals surface area contributed by atoms with Crippen LogP contribution in [0.4, 0.5) is 16.3 Å². The molecule has 2 aromatic rings. The van der Waals surface area contributed by atoms with Crippen LogP contribution in [-0.4, -0.2) is 41.7 Å². The van der Waals surface area contributed by atoms with Crippen LogP contribution in [0.25, 0.3) is 0 Å². The van der Waals surface area contributed by atoms with Crippen molar-refractivity contribution in [2.75, 3.05) is 24.3 Å². The molecule has 0 unspecified atom stereocenters. The van der Waals surface area contributed by atoms with E-state index in [1.807, 2.05) is 6.07 Å². The third-order valence-corrected chi connectivity index (χ3v) is 3.81. The number of ether oxygens (including phenoxy) is 1. The summed E-state index contributed by atoms with van der Waals surface area (Å²) in [5.74, 6) is 1.18. The Morgan fingerprint density at radius 2 is 2.08 bits per heavy atom. The van der Waals surface area contributed by atoms with E-state index in [0.717, 1.165) is 12.8 Å². The lowest BCUT2D eigenvalue weighted by Crippen LogP contribution is -2.42. The van der Waals surface area contributed by atoms with E-state index < -0.39 is 0 Å². The number of rotatable bonds is 6. The Morgan fingerprint density at radius 1 is 1.32 bits per heavy atom. The number of carbonyl (C=O) groups is 2. The summed E-state index contributed by atoms with van der Waals surface area (Å²) in [5, 5.41) is 9.15. The number of hydrogen-bond donors (Lipinski definition) is 2. The van der Waals surface area contributed by atoms with Crippen molar-refractivity contribution in [1.29, 1.82) is 0 Å². The minimum atomic E-state index is -0.335. The fourth-order valence-corrected chi connectivity index (χ4v) is 2.45. The highest BCUT2D eigenvalue weighted by Crippen LogP contribution is 2.29. The van der Waals surface area contributed by atoms with Gasteiger partial charge in [-0.3, -0.25) is 4.79 Å². The Labute approximate surface area is 145 Å². The second kappa shape index (κ2) is 7.25. The number of aromatic nitrogens is 1. The van der Waals surface area contributed by atoms with Gasteiger partial charge in [-0.2, -0.15) is 0 Å². The monoisotopic (exact) mass is 344 g/mol. The quantitative estimate of drug-likeness (QED) is 0.840.